The van der Waals surface area contributed by atoms with E-state index in [1.165, 1.54) is 66.0 Å². The van der Waals surface area contributed by atoms with Gasteiger partial charge in [-0.3, -0.25) is 0 Å². The number of fused-ring (bicyclic) bond motifs is 14. The van der Waals surface area contributed by atoms with Gasteiger partial charge >= 0.3 is 0 Å². The zero-order valence-corrected chi connectivity index (χ0v) is 33.7. The molecule has 0 fully saturated rings. The van der Waals surface area contributed by atoms with Crippen LogP contribution in [0.2, 0.25) is 0 Å². The molecule has 1 spiro atoms. The van der Waals surface area contributed by atoms with E-state index in [0.29, 0.717) is 0 Å². The van der Waals surface area contributed by atoms with Gasteiger partial charge in [0.2, 0.25) is 0 Å². The maximum atomic E-state index is 6.74. The summed E-state index contributed by atoms with van der Waals surface area (Å²) >= 11 is 0. The Morgan fingerprint density at radius 3 is 1.73 bits per heavy atom. The van der Waals surface area contributed by atoms with Gasteiger partial charge in [0.25, 0.3) is 0 Å². The van der Waals surface area contributed by atoms with Gasteiger partial charge < -0.3 is 14.2 Å². The van der Waals surface area contributed by atoms with E-state index in [4.69, 9.17) is 4.74 Å². The zero-order chi connectivity index (χ0) is 40.8. The maximum Gasteiger partial charge on any atom is 0.132 e. The van der Waals surface area contributed by atoms with E-state index in [9.17, 15) is 0 Å². The summed E-state index contributed by atoms with van der Waals surface area (Å²) in [6.45, 7) is 0. The Kier molecular flexibility index (Phi) is 7.52. The lowest BCUT2D eigenvalue weighted by atomic mass is 9.66. The fourth-order valence-corrected chi connectivity index (χ4v) is 10.7. The smallest absolute Gasteiger partial charge is 0.132 e. The highest BCUT2D eigenvalue weighted by Crippen LogP contribution is 2.65. The summed E-state index contributed by atoms with van der Waals surface area (Å²) in [5.41, 5.74) is 15.9. The van der Waals surface area contributed by atoms with Crippen LogP contribution < -0.4 is 9.64 Å². The third-order valence-electron chi connectivity index (χ3n) is 13.2. The van der Waals surface area contributed by atoms with Crippen LogP contribution in [0.25, 0.3) is 60.5 Å². The van der Waals surface area contributed by atoms with Crippen LogP contribution in [0.1, 0.15) is 22.3 Å². The number of rotatable bonds is 5. The molecule has 0 atom stereocenters. The third kappa shape index (κ3) is 4.88. The molecule has 62 heavy (non-hydrogen) atoms. The summed E-state index contributed by atoms with van der Waals surface area (Å²) in [7, 11) is 0. The van der Waals surface area contributed by atoms with Crippen molar-refractivity contribution in [3.63, 3.8) is 0 Å². The first-order chi connectivity index (χ1) is 30.8. The molecule has 1 aromatic heterocycles. The summed E-state index contributed by atoms with van der Waals surface area (Å²) in [5.74, 6) is 1.77. The van der Waals surface area contributed by atoms with Crippen molar-refractivity contribution >= 4 is 49.6 Å². The van der Waals surface area contributed by atoms with Crippen LogP contribution in [0.15, 0.2) is 231 Å². The van der Waals surface area contributed by atoms with Crippen LogP contribution in [0.4, 0.5) is 17.1 Å². The number of anilines is 3. The molecule has 13 rings (SSSR count). The summed E-state index contributed by atoms with van der Waals surface area (Å²) in [4.78, 5) is 2.49. The van der Waals surface area contributed by atoms with Crippen molar-refractivity contribution in [2.24, 2.45) is 0 Å². The Labute approximate surface area is 360 Å². The minimum atomic E-state index is -0.619. The van der Waals surface area contributed by atoms with Gasteiger partial charge in [0.15, 0.2) is 0 Å². The highest BCUT2D eigenvalue weighted by molar-refractivity contribution is 6.12. The Morgan fingerprint density at radius 2 is 0.952 bits per heavy atom. The number of hydrogen-bond donors (Lipinski definition) is 0. The van der Waals surface area contributed by atoms with E-state index in [1.807, 2.05) is 0 Å². The van der Waals surface area contributed by atoms with Crippen molar-refractivity contribution in [2.75, 3.05) is 4.90 Å². The van der Waals surface area contributed by atoms with Gasteiger partial charge in [0, 0.05) is 44.5 Å². The molecule has 3 heteroatoms. The molecule has 0 radical (unpaired) electrons. The van der Waals surface area contributed by atoms with E-state index >= 15 is 0 Å². The molecule has 10 aromatic carbocycles. The van der Waals surface area contributed by atoms with Crippen LogP contribution >= 0.6 is 0 Å². The SMILES string of the molecule is c1ccc(-c2ccc(N(c3ccc4c(c3)c3ccccc3n4-c3ccccc3)c3cccc4c3-c3c(ccc5ccccc35)C43c4ccccc4Oc4ccccc43)cc2)cc1. The summed E-state index contributed by atoms with van der Waals surface area (Å²) in [6.07, 6.45) is 0. The Bertz CT molecular complexity index is 3500. The molecule has 11 aromatic rings. The molecule has 2 aliphatic rings. The molecular formula is C59H38N2O. The number of ether oxygens (including phenoxy) is 1. The van der Waals surface area contributed by atoms with Crippen LogP contribution in [-0.4, -0.2) is 4.57 Å². The first-order valence-corrected chi connectivity index (χ1v) is 21.3. The highest BCUT2D eigenvalue weighted by Gasteiger charge is 2.52. The fraction of sp³-hybridized carbons (Fsp3) is 0.0169. The van der Waals surface area contributed by atoms with Gasteiger partial charge in [0.05, 0.1) is 22.1 Å². The minimum absolute atomic E-state index is 0.619. The Morgan fingerprint density at radius 1 is 0.371 bits per heavy atom. The molecule has 0 N–H and O–H groups in total. The lowest BCUT2D eigenvalue weighted by molar-refractivity contribution is 0.436. The zero-order valence-electron chi connectivity index (χ0n) is 33.7. The van der Waals surface area contributed by atoms with Gasteiger partial charge in [-0.25, -0.2) is 0 Å². The summed E-state index contributed by atoms with van der Waals surface area (Å²) in [6, 6.07) is 84.0. The van der Waals surface area contributed by atoms with E-state index in [-0.39, 0.29) is 0 Å². The number of nitrogens with zero attached hydrogens (tertiary/aromatic N) is 2. The van der Waals surface area contributed by atoms with Crippen molar-refractivity contribution in [3.8, 4) is 39.4 Å². The fourth-order valence-electron chi connectivity index (χ4n) is 10.7. The molecule has 1 aliphatic carbocycles. The van der Waals surface area contributed by atoms with Gasteiger partial charge in [-0.1, -0.05) is 164 Å². The second-order valence-electron chi connectivity index (χ2n) is 16.4. The van der Waals surface area contributed by atoms with Crippen LogP contribution in [0.3, 0.4) is 0 Å². The van der Waals surface area contributed by atoms with E-state index in [1.54, 1.807) is 0 Å². The number of para-hydroxylation sites is 4. The largest absolute Gasteiger partial charge is 0.457 e. The lowest BCUT2D eigenvalue weighted by Crippen LogP contribution is -2.32. The molecule has 0 unspecified atom stereocenters. The van der Waals surface area contributed by atoms with Gasteiger partial charge in [-0.05, 0) is 105 Å². The van der Waals surface area contributed by atoms with Crippen molar-refractivity contribution in [3.05, 3.63) is 253 Å². The van der Waals surface area contributed by atoms with E-state index in [0.717, 1.165) is 45.4 Å². The first-order valence-electron chi connectivity index (χ1n) is 21.3. The molecule has 0 saturated heterocycles. The van der Waals surface area contributed by atoms with Crippen molar-refractivity contribution in [1.29, 1.82) is 0 Å². The first kappa shape index (κ1) is 34.7. The number of aromatic nitrogens is 1. The lowest BCUT2D eigenvalue weighted by Gasteiger charge is -2.39. The number of benzene rings is 10. The second kappa shape index (κ2) is 13.4. The maximum absolute atomic E-state index is 6.74. The molecule has 3 nitrogen and oxygen atoms in total. The van der Waals surface area contributed by atoms with Crippen molar-refractivity contribution in [1.82, 2.24) is 4.57 Å². The predicted octanol–water partition coefficient (Wildman–Crippen LogP) is 15.5. The molecule has 2 heterocycles. The predicted molar refractivity (Wildman–Crippen MR) is 256 cm³/mol. The molecule has 0 amide bonds. The van der Waals surface area contributed by atoms with Crippen molar-refractivity contribution in [2.45, 2.75) is 5.41 Å². The standard InChI is InChI=1S/C59H38N2O/c1-3-16-39(17-4-1)40-30-33-43(34-31-40)60(44-35-37-53-47(38-44)46-22-9-12-26-52(46)61(53)42-19-5-2-6-20-42)54-27-15-25-50-58(54)57-45-21-8-7-18-41(45)32-36-51(57)59(50)48-23-10-13-28-55(48)62-56-29-14-11-24-49(56)59/h1-38H. The van der Waals surface area contributed by atoms with Gasteiger partial charge in [-0.15, -0.1) is 0 Å². The van der Waals surface area contributed by atoms with Crippen LogP contribution in [0, 0.1) is 0 Å². The highest BCUT2D eigenvalue weighted by atomic mass is 16.5. The number of hydrogen-bond acceptors (Lipinski definition) is 2. The monoisotopic (exact) mass is 790 g/mol. The van der Waals surface area contributed by atoms with Gasteiger partial charge in [0.1, 0.15) is 11.5 Å². The topological polar surface area (TPSA) is 17.4 Å². The Balaban J connectivity index is 1.13. The summed E-state index contributed by atoms with van der Waals surface area (Å²) < 4.78 is 9.13. The van der Waals surface area contributed by atoms with Crippen LogP contribution in [0.5, 0.6) is 11.5 Å². The van der Waals surface area contributed by atoms with Crippen LogP contribution in [-0.2, 0) is 5.41 Å². The normalized spacial score (nSPS) is 13.1. The molecular weight excluding hydrogens is 753 g/mol. The van der Waals surface area contributed by atoms with Crippen molar-refractivity contribution < 1.29 is 4.74 Å². The van der Waals surface area contributed by atoms with E-state index < -0.39 is 5.41 Å². The molecule has 1 aliphatic heterocycles. The molecule has 0 saturated carbocycles. The molecule has 0 bridgehead atoms. The average Bonchev–Trinajstić information content (AvgIpc) is 3.84. The van der Waals surface area contributed by atoms with E-state index in [2.05, 4.69) is 240 Å². The average molecular weight is 791 g/mol. The quantitative estimate of drug-likeness (QED) is 0.173. The minimum Gasteiger partial charge on any atom is -0.457 e. The Hall–Kier alpha value is -8.14. The van der Waals surface area contributed by atoms with Gasteiger partial charge in [-0.2, -0.15) is 0 Å². The molecule has 290 valence electrons. The summed E-state index contributed by atoms with van der Waals surface area (Å²) in [5, 5.41) is 4.87. The third-order valence-corrected chi connectivity index (χ3v) is 13.2. The second-order valence-corrected chi connectivity index (χ2v) is 16.4.